The van der Waals surface area contributed by atoms with Gasteiger partial charge in [-0.1, -0.05) is 23.3 Å². The molecule has 0 saturated heterocycles. The molecule has 0 spiro atoms. The van der Waals surface area contributed by atoms with E-state index in [1.54, 1.807) is 48.5 Å². The van der Waals surface area contributed by atoms with E-state index in [1.807, 2.05) is 26.0 Å². The van der Waals surface area contributed by atoms with E-state index in [-0.39, 0.29) is 45.9 Å². The molecule has 0 amide bonds. The fraction of sp³-hybridized carbons (Fsp3) is 0.100. The summed E-state index contributed by atoms with van der Waals surface area (Å²) in [5.74, 6) is -0.625. The van der Waals surface area contributed by atoms with Crippen LogP contribution in [0, 0.1) is 13.8 Å². The van der Waals surface area contributed by atoms with Crippen molar-refractivity contribution in [3.05, 3.63) is 140 Å². The number of carbonyl (C=O) groups excluding carboxylic acids is 2. The second-order valence-electron chi connectivity index (χ2n) is 11.7. The summed E-state index contributed by atoms with van der Waals surface area (Å²) in [4.78, 5) is 60.2. The van der Waals surface area contributed by atoms with Gasteiger partial charge in [-0.15, -0.1) is 0 Å². The summed E-state index contributed by atoms with van der Waals surface area (Å²) in [6.45, 7) is 3.74. The highest BCUT2D eigenvalue weighted by atomic mass is 16.6. The molecule has 0 radical (unpaired) electrons. The number of carbonyl (C=O) groups is 2. The molecule has 5 aromatic carbocycles. The molecule has 0 aliphatic heterocycles. The average molecular weight is 697 g/mol. The summed E-state index contributed by atoms with van der Waals surface area (Å²) in [5.41, 5.74) is 2.92. The van der Waals surface area contributed by atoms with E-state index in [2.05, 4.69) is 9.97 Å². The van der Waals surface area contributed by atoms with Gasteiger partial charge in [0.25, 0.3) is 0 Å². The number of aryl methyl sites for hydroxylation is 2. The van der Waals surface area contributed by atoms with Crippen molar-refractivity contribution in [1.29, 1.82) is 0 Å². The van der Waals surface area contributed by atoms with Crippen molar-refractivity contribution in [1.82, 2.24) is 9.97 Å². The second kappa shape index (κ2) is 13.7. The van der Waals surface area contributed by atoms with Crippen LogP contribution in [0.5, 0.6) is 23.0 Å². The lowest BCUT2D eigenvalue weighted by Crippen LogP contribution is -2.12. The zero-order valence-electron chi connectivity index (χ0n) is 28.2. The number of fused-ring (bicyclic) bond motifs is 2. The summed E-state index contributed by atoms with van der Waals surface area (Å²) in [6.07, 6.45) is 0. The number of aromatic nitrogens is 2. The Morgan fingerprint density at radius 3 is 1.31 bits per heavy atom. The molecular weight excluding hydrogens is 668 g/mol. The van der Waals surface area contributed by atoms with Crippen molar-refractivity contribution in [3.8, 4) is 45.9 Å². The van der Waals surface area contributed by atoms with Gasteiger partial charge in [0.15, 0.2) is 23.0 Å². The average Bonchev–Trinajstić information content (AvgIpc) is 3.15. The smallest absolute Gasteiger partial charge is 0.347 e. The summed E-state index contributed by atoms with van der Waals surface area (Å²) < 4.78 is 33.0. The molecule has 2 heterocycles. The van der Waals surface area contributed by atoms with Gasteiger partial charge in [0.05, 0.1) is 47.2 Å². The zero-order valence-corrected chi connectivity index (χ0v) is 28.2. The molecule has 0 unspecified atom stereocenters. The van der Waals surface area contributed by atoms with Crippen LogP contribution in [-0.4, -0.2) is 36.1 Å². The predicted molar refractivity (Wildman–Crippen MR) is 190 cm³/mol. The fourth-order valence-electron chi connectivity index (χ4n) is 5.45. The molecule has 258 valence electrons. The Hall–Kier alpha value is -7.08. The van der Waals surface area contributed by atoms with Gasteiger partial charge in [0.2, 0.25) is 11.8 Å². The first kappa shape index (κ1) is 33.4. The highest BCUT2D eigenvalue weighted by molar-refractivity contribution is 5.95. The molecule has 52 heavy (non-hydrogen) atoms. The van der Waals surface area contributed by atoms with E-state index in [4.69, 9.17) is 27.8 Å². The summed E-state index contributed by atoms with van der Waals surface area (Å²) in [7, 11) is 2.82. The van der Waals surface area contributed by atoms with E-state index in [0.29, 0.717) is 32.9 Å². The standard InChI is InChI=1S/C40H28N2O10/c1-21-5-13-29-27(17-21)39(45)51-35(41-29)25-11-15-31(33(19-25)47-3)49-37(43)23-7-9-24(10-8-23)38(44)50-32-16-12-26(20-34(32)48-4)36-42-30-14-6-22(2)18-28(30)40(46)52-36/h5-20H,1-4H3. The number of benzene rings is 5. The van der Waals surface area contributed by atoms with Crippen LogP contribution < -0.4 is 30.2 Å². The van der Waals surface area contributed by atoms with Crippen LogP contribution in [0.25, 0.3) is 44.7 Å². The lowest BCUT2D eigenvalue weighted by Gasteiger charge is -2.12. The third kappa shape index (κ3) is 6.60. The molecule has 7 aromatic rings. The highest BCUT2D eigenvalue weighted by Gasteiger charge is 2.19. The normalized spacial score (nSPS) is 11.0. The van der Waals surface area contributed by atoms with Crippen LogP contribution in [0.2, 0.25) is 0 Å². The molecule has 0 bridgehead atoms. The summed E-state index contributed by atoms with van der Waals surface area (Å²) in [5, 5.41) is 0.744. The topological polar surface area (TPSA) is 157 Å². The predicted octanol–water partition coefficient (Wildman–Crippen LogP) is 7.10. The molecule has 12 heteroatoms. The lowest BCUT2D eigenvalue weighted by atomic mass is 10.1. The molecular formula is C40H28N2O10. The van der Waals surface area contributed by atoms with Crippen LogP contribution >= 0.6 is 0 Å². The van der Waals surface area contributed by atoms with Crippen molar-refractivity contribution < 1.29 is 37.4 Å². The number of esters is 2. The van der Waals surface area contributed by atoms with Crippen LogP contribution in [-0.2, 0) is 0 Å². The molecule has 0 atom stereocenters. The largest absolute Gasteiger partial charge is 0.493 e. The van der Waals surface area contributed by atoms with Crippen molar-refractivity contribution in [2.45, 2.75) is 13.8 Å². The van der Waals surface area contributed by atoms with Gasteiger partial charge in [0.1, 0.15) is 0 Å². The maximum Gasteiger partial charge on any atom is 0.347 e. The summed E-state index contributed by atoms with van der Waals surface area (Å²) in [6, 6.07) is 25.6. The van der Waals surface area contributed by atoms with E-state index in [9.17, 15) is 19.2 Å². The number of rotatable bonds is 8. The monoisotopic (exact) mass is 696 g/mol. The molecule has 0 N–H and O–H groups in total. The SMILES string of the molecule is COc1cc(-c2nc3ccc(C)cc3c(=O)o2)ccc1OC(=O)c1ccc(C(=O)Oc2ccc(-c3nc4ccc(C)cc4c(=O)o3)cc2OC)cc1. The summed E-state index contributed by atoms with van der Waals surface area (Å²) >= 11 is 0. The molecule has 0 aliphatic rings. The van der Waals surface area contributed by atoms with E-state index < -0.39 is 23.2 Å². The molecule has 0 fully saturated rings. The lowest BCUT2D eigenvalue weighted by molar-refractivity contribution is 0.0716. The van der Waals surface area contributed by atoms with Crippen molar-refractivity contribution in [2.24, 2.45) is 0 Å². The number of hydrogen-bond donors (Lipinski definition) is 0. The van der Waals surface area contributed by atoms with Gasteiger partial charge in [-0.3, -0.25) is 0 Å². The minimum absolute atomic E-state index is 0.0823. The van der Waals surface area contributed by atoms with E-state index >= 15 is 0 Å². The molecule has 0 aliphatic carbocycles. The minimum Gasteiger partial charge on any atom is -0.493 e. The third-order valence-corrected chi connectivity index (χ3v) is 8.15. The number of ether oxygens (including phenoxy) is 4. The highest BCUT2D eigenvalue weighted by Crippen LogP contribution is 2.34. The Balaban J connectivity index is 1.05. The van der Waals surface area contributed by atoms with Crippen LogP contribution in [0.4, 0.5) is 0 Å². The second-order valence-corrected chi connectivity index (χ2v) is 11.7. The van der Waals surface area contributed by atoms with Crippen LogP contribution in [0.3, 0.4) is 0 Å². The molecule has 0 saturated carbocycles. The van der Waals surface area contributed by atoms with Crippen molar-refractivity contribution in [2.75, 3.05) is 14.2 Å². The maximum absolute atomic E-state index is 13.1. The quantitative estimate of drug-likeness (QED) is 0.117. The molecule has 12 nitrogen and oxygen atoms in total. The number of nitrogens with zero attached hydrogens (tertiary/aromatic N) is 2. The van der Waals surface area contributed by atoms with E-state index in [0.717, 1.165) is 11.1 Å². The van der Waals surface area contributed by atoms with Gasteiger partial charge >= 0.3 is 23.2 Å². The Morgan fingerprint density at radius 1 is 0.519 bits per heavy atom. The Morgan fingerprint density at radius 2 is 0.923 bits per heavy atom. The third-order valence-electron chi connectivity index (χ3n) is 8.15. The van der Waals surface area contributed by atoms with Gasteiger partial charge in [-0.05, 0) is 98.8 Å². The van der Waals surface area contributed by atoms with Crippen molar-refractivity contribution in [3.63, 3.8) is 0 Å². The van der Waals surface area contributed by atoms with Crippen LogP contribution in [0.15, 0.2) is 115 Å². The molecule has 2 aromatic heterocycles. The Labute approximate surface area is 294 Å². The Kier molecular flexibility index (Phi) is 8.79. The zero-order chi connectivity index (χ0) is 36.5. The van der Waals surface area contributed by atoms with Gasteiger partial charge < -0.3 is 27.8 Å². The number of hydrogen-bond acceptors (Lipinski definition) is 12. The van der Waals surface area contributed by atoms with Gasteiger partial charge in [0, 0.05) is 11.1 Å². The Bertz CT molecular complexity index is 2480. The first-order valence-corrected chi connectivity index (χ1v) is 15.8. The molecule has 7 rings (SSSR count). The van der Waals surface area contributed by atoms with Crippen LogP contribution in [0.1, 0.15) is 31.8 Å². The minimum atomic E-state index is -0.710. The first-order chi connectivity index (χ1) is 25.1. The van der Waals surface area contributed by atoms with Gasteiger partial charge in [-0.25, -0.2) is 29.1 Å². The first-order valence-electron chi connectivity index (χ1n) is 15.8. The van der Waals surface area contributed by atoms with E-state index in [1.165, 1.54) is 50.6 Å². The van der Waals surface area contributed by atoms with Gasteiger partial charge in [-0.2, -0.15) is 0 Å². The fourth-order valence-corrected chi connectivity index (χ4v) is 5.45. The maximum atomic E-state index is 13.1. The number of methoxy groups -OCH3 is 2. The van der Waals surface area contributed by atoms with Crippen molar-refractivity contribution >= 4 is 33.7 Å².